The molecule has 7 amide bonds. The number of alkyl halides is 1. The predicted octanol–water partition coefficient (Wildman–Crippen LogP) is 3.29. The minimum Gasteiger partial charge on any atom is -0.358 e. The van der Waals surface area contributed by atoms with E-state index in [4.69, 9.17) is 101 Å². The number of nitrogens with zero attached hydrogens (tertiary/aromatic N) is 6. The Balaban J connectivity index is 0. The number of carboxylic acids is 2. The fourth-order valence-corrected chi connectivity index (χ4v) is 16.6. The van der Waals surface area contributed by atoms with Gasteiger partial charge < -0.3 is 87.0 Å². The van der Waals surface area contributed by atoms with Crippen LogP contribution < -0.4 is 45.2 Å². The number of phosphoric ester groups is 1. The van der Waals surface area contributed by atoms with Gasteiger partial charge in [-0.25, -0.2) is 9.55 Å². The van der Waals surface area contributed by atoms with Gasteiger partial charge in [-0.05, 0) is 125 Å². The summed E-state index contributed by atoms with van der Waals surface area (Å²) in [7, 11) is -4.63. The van der Waals surface area contributed by atoms with E-state index in [0.29, 0.717) is 57.0 Å². The SMILES string of the molecule is CC1=C2N=C(C=C3N=C(C(C)=C4[N-][C@@](C)(C5N=C1[C@](C)(CCC(N)=O)[C@H]5CC(N)=O)[C@@](C)(CC(N)=O)[C@@H]4CCC(N)=O)[C@@](C)(CC(N)=O)[C@@H]3CCC(N)=O)C(C)(C)[C@@H]2CCC(N)=O.CC=O.C[As+](C)(C)CC(=O)[O-].C[As](C)(=O)O.Cc1cc2ncn(CO[C@H](CO)[C@H](C)OP(=O)(O)O)c2cc1C.O=C(O)CI.O[As](O)O.[CH3-].[Co+2]. The molecular weight excluding hydrogens is 1840 g/mol. The van der Waals surface area contributed by atoms with E-state index < -0.39 is 180 Å². The van der Waals surface area contributed by atoms with Crippen LogP contribution in [0.5, 0.6) is 0 Å². The molecule has 22 N–H and O–H groups in total. The number of imidazole rings is 1. The Morgan fingerprint density at radius 1 is 0.770 bits per heavy atom. The van der Waals surface area contributed by atoms with E-state index in [1.807, 2.05) is 105 Å². The number of aliphatic hydroxyl groups excluding tert-OH is 1. The number of carboxylic acid groups (broad SMARTS) is 2. The average molecular weight is 1960 g/mol. The molecule has 42 heteroatoms. The van der Waals surface area contributed by atoms with Crippen LogP contribution in [0.2, 0.25) is 33.8 Å². The van der Waals surface area contributed by atoms with Crippen LogP contribution in [-0.2, 0) is 89.0 Å². The molecule has 1 fully saturated rings. The van der Waals surface area contributed by atoms with Gasteiger partial charge in [0, 0.05) is 108 Å². The maximum atomic E-state index is 13.4. The number of ether oxygens (including phenoxy) is 1. The number of primary amides is 7. The summed E-state index contributed by atoms with van der Waals surface area (Å²) < 4.78 is 62.8. The van der Waals surface area contributed by atoms with E-state index in [0.717, 1.165) is 28.4 Å². The summed E-state index contributed by atoms with van der Waals surface area (Å²) in [5.74, 6) is -8.18. The molecule has 7 rings (SSSR count). The molecule has 2 aromatic rings. The molecule has 1 aromatic carbocycles. The molecular formula is C71H118As3CoIN13O23P. The quantitative estimate of drug-likeness (QED) is 0.0145. The number of amides is 7. The monoisotopic (exact) mass is 1960 g/mol. The van der Waals surface area contributed by atoms with Gasteiger partial charge in [0.1, 0.15) is 19.1 Å². The number of aliphatic imine (C=N–C) groups is 3. The standard InChI is InChI=1S/C45H67N11O7.C14H21N2O6P.C5H11AsO2.C2H7AsO2.C2H3IO2.C2H4O.CH3.AsH3O3.Co/c1-21-36-24(10-13-30(47)58)41(3,4)28(54-36)18-27-23(9-12-29(46)57)43(6,19-34(51)62)39(53-27)22(2)37-25(11-14-31(48)59)44(7,20-35(52)63)45(8,56-37)40-26(17-33(50)61)42(5,38(21)55-40)16-15-32(49)60;1-9-4-12-13(5-10(9)2)16(7-15-12)8-21-14(6-17)11(3)22-23(18,19)20;1-6(2,3)4-5(7)8;1-3(2,4)5;3-1-2(4)5;1-2-3;;2-1(3)4;/h18,23-26,40H,9-17,19-20H2,1-8H3,(H15,46,47,48,49,50,51,52,53,54,55,56,57,58,59,60,61,62,63);4-5,7,11,14,17H,6,8H2,1-3H3,(H2,18,19,20);4H2,1-3H3;1-2H3,(H,4,5);1H2,(H,4,5);2H,1H3;1H3;2-4H;/q;;;;;;-1;;+2/p-1/t23-,24-,25-,26+,40?,42-,43+,44+,45+;11-,14+;;;;;;;/m10......./s1. The minimum atomic E-state index is -4.63. The molecule has 0 saturated carbocycles. The maximum Gasteiger partial charge on any atom is 2.00 e. The van der Waals surface area contributed by atoms with Crippen LogP contribution in [0.15, 0.2) is 67.8 Å². The predicted molar refractivity (Wildman–Crippen MR) is 433 cm³/mol. The Morgan fingerprint density at radius 2 is 1.23 bits per heavy atom. The molecule has 0 spiro atoms. The minimum absolute atomic E-state index is 0. The molecule has 641 valence electrons. The van der Waals surface area contributed by atoms with Crippen molar-refractivity contribution in [1.29, 1.82) is 0 Å². The number of rotatable bonds is 28. The van der Waals surface area contributed by atoms with Crippen molar-refractivity contribution >= 4 is 161 Å². The molecule has 11 atom stereocenters. The number of aliphatic carboxylic acids is 2. The van der Waals surface area contributed by atoms with Gasteiger partial charge in [0.15, 0.2) is 0 Å². The zero-order chi connectivity index (χ0) is 86.4. The second-order valence-electron chi connectivity index (χ2n) is 30.5. The fourth-order valence-electron chi connectivity index (χ4n) is 14.4. The summed E-state index contributed by atoms with van der Waals surface area (Å²) in [5.41, 5.74) is 52.9. The molecule has 5 aliphatic rings. The molecule has 113 heavy (non-hydrogen) atoms. The summed E-state index contributed by atoms with van der Waals surface area (Å²) in [6.07, 6.45) is 2.43. The molecule has 8 bridgehead atoms. The van der Waals surface area contributed by atoms with Gasteiger partial charge in [-0.2, -0.15) is 5.70 Å². The van der Waals surface area contributed by atoms with Gasteiger partial charge in [-0.1, -0.05) is 69.7 Å². The number of allylic oxidation sites excluding steroid dienone is 6. The zero-order valence-electron chi connectivity index (χ0n) is 67.5. The summed E-state index contributed by atoms with van der Waals surface area (Å²) in [6.45, 7) is 21.8. The number of carbonyl (C=O) groups is 10. The number of carbonyl (C=O) groups excluding carboxylic acids is 9. The summed E-state index contributed by atoms with van der Waals surface area (Å²) in [6, 6.07) is 3.07. The third-order valence-electron chi connectivity index (χ3n) is 19.8. The molecule has 1 radical (unpaired) electrons. The molecule has 0 aliphatic carbocycles. The van der Waals surface area contributed by atoms with Gasteiger partial charge in [-0.15, -0.1) is 0 Å². The van der Waals surface area contributed by atoms with Gasteiger partial charge >= 0.3 is 143 Å². The smallest absolute Gasteiger partial charge is 0.358 e. The van der Waals surface area contributed by atoms with E-state index >= 15 is 0 Å². The Labute approximate surface area is 695 Å². The van der Waals surface area contributed by atoms with E-state index in [-0.39, 0.29) is 99.6 Å². The van der Waals surface area contributed by atoms with Crippen LogP contribution in [0.25, 0.3) is 16.4 Å². The van der Waals surface area contributed by atoms with Crippen molar-refractivity contribution in [3.8, 4) is 0 Å². The first-order valence-electron chi connectivity index (χ1n) is 34.9. The number of halogens is 1. The third-order valence-corrected chi connectivity index (χ3v) is 23.6. The van der Waals surface area contributed by atoms with Crippen molar-refractivity contribution in [2.24, 2.45) is 100 Å². The van der Waals surface area contributed by atoms with E-state index in [1.54, 1.807) is 33.5 Å². The second kappa shape index (κ2) is 46.4. The maximum absolute atomic E-state index is 13.4. The second-order valence-corrected chi connectivity index (χ2v) is 49.3. The van der Waals surface area contributed by atoms with E-state index in [1.165, 1.54) is 25.3 Å². The number of aromatic nitrogens is 2. The Hall–Kier alpha value is -5.80. The summed E-state index contributed by atoms with van der Waals surface area (Å²) in [4.78, 5) is 156. The van der Waals surface area contributed by atoms with Crippen molar-refractivity contribution in [2.45, 2.75) is 218 Å². The zero-order valence-corrected chi connectivity index (χ0v) is 77.2. The Kier molecular flexibility index (Phi) is 44.8. The number of aryl methyl sites for hydroxylation is 2. The Bertz CT molecular complexity index is 4020. The average Bonchev–Trinajstić information content (AvgIpc) is 1.53. The Morgan fingerprint density at radius 3 is 1.64 bits per heavy atom. The van der Waals surface area contributed by atoms with Crippen LogP contribution in [0.4, 0.5) is 0 Å². The number of fused-ring (bicyclic) bond motifs is 7. The molecule has 1 aromatic heterocycles. The van der Waals surface area contributed by atoms with E-state index in [9.17, 15) is 61.7 Å². The van der Waals surface area contributed by atoms with Crippen LogP contribution in [0.1, 0.15) is 151 Å². The number of hydrogen-bond donors (Lipinski definition) is 15. The number of aliphatic hydroxyl groups is 1. The van der Waals surface area contributed by atoms with Crippen molar-refractivity contribution in [3.63, 3.8) is 0 Å². The topological polar surface area (TPSA) is 659 Å². The largest absolute Gasteiger partial charge is 2.00 e. The number of hydrogen-bond acceptors (Lipinski definition) is 23. The van der Waals surface area contributed by atoms with Gasteiger partial charge in [-0.3, -0.25) is 57.9 Å². The van der Waals surface area contributed by atoms with Crippen LogP contribution in [0, 0.1) is 66.6 Å². The first-order chi connectivity index (χ1) is 50.6. The number of nitrogens with two attached hydrogens (primary N) is 7. The molecule has 36 nitrogen and oxygen atoms in total. The van der Waals surface area contributed by atoms with Gasteiger partial charge in [0.05, 0.1) is 34.5 Å². The summed E-state index contributed by atoms with van der Waals surface area (Å²) >= 11 is -6.21. The first kappa shape index (κ1) is 109. The third kappa shape index (κ3) is 32.9. The van der Waals surface area contributed by atoms with Crippen molar-refractivity contribution in [1.82, 2.24) is 9.55 Å². The number of benzene rings is 1. The number of phosphoric acid groups is 1. The van der Waals surface area contributed by atoms with Crippen molar-refractivity contribution in [3.05, 3.63) is 76.6 Å². The molecule has 6 heterocycles. The van der Waals surface area contributed by atoms with Gasteiger partial charge in [0.2, 0.25) is 41.4 Å². The van der Waals surface area contributed by atoms with Crippen molar-refractivity contribution in [2.75, 3.05) is 11.0 Å². The number of aldehydes is 1. The van der Waals surface area contributed by atoms with Crippen LogP contribution >= 0.6 is 30.4 Å². The van der Waals surface area contributed by atoms with Crippen LogP contribution in [0.3, 0.4) is 0 Å². The molecule has 1 unspecified atom stereocenters. The fraction of sp³-hybridized carbons (Fsp3) is 0.620. The van der Waals surface area contributed by atoms with Gasteiger partial charge in [0.25, 0.3) is 0 Å². The molecule has 1 saturated heterocycles. The first-order valence-corrected chi connectivity index (χ1v) is 52.8. The van der Waals surface area contributed by atoms with Crippen LogP contribution in [-0.4, -0.2) is 201 Å². The van der Waals surface area contributed by atoms with E-state index in [2.05, 4.69) is 9.51 Å². The normalized spacial score (nSPS) is 23.6. The van der Waals surface area contributed by atoms with Crippen molar-refractivity contribution < 1.29 is 124 Å². The summed E-state index contributed by atoms with van der Waals surface area (Å²) in [5, 5.41) is 32.9. The molecule has 5 aliphatic heterocycles.